The average molecular weight is 404 g/mol. The lowest BCUT2D eigenvalue weighted by molar-refractivity contribution is -0.148. The van der Waals surface area contributed by atoms with Gasteiger partial charge in [0.15, 0.2) is 0 Å². The zero-order valence-electron chi connectivity index (χ0n) is 18.9. The number of rotatable bonds is 6. The summed E-state index contributed by atoms with van der Waals surface area (Å²) in [6.07, 6.45) is 2.52. The Morgan fingerprint density at radius 1 is 1.07 bits per heavy atom. The first-order valence-corrected chi connectivity index (χ1v) is 10.7. The molecule has 1 aliphatic rings. The Hall–Kier alpha value is -2.04. The van der Waals surface area contributed by atoms with Crippen LogP contribution in [0.5, 0.6) is 0 Å². The molecule has 0 N–H and O–H groups in total. The van der Waals surface area contributed by atoms with Crippen LogP contribution in [-0.2, 0) is 14.3 Å². The number of piperidine rings is 1. The van der Waals surface area contributed by atoms with Crippen LogP contribution in [0.3, 0.4) is 0 Å². The van der Waals surface area contributed by atoms with Crippen LogP contribution < -0.4 is 0 Å². The molecule has 5 nitrogen and oxygen atoms in total. The second kappa shape index (κ2) is 9.64. The number of amides is 1. The average Bonchev–Trinajstić information content (AvgIpc) is 2.61. The summed E-state index contributed by atoms with van der Waals surface area (Å²) < 4.78 is 10.9. The maximum atomic E-state index is 12.8. The highest BCUT2D eigenvalue weighted by atomic mass is 16.6. The van der Waals surface area contributed by atoms with Gasteiger partial charge in [-0.15, -0.1) is 0 Å². The van der Waals surface area contributed by atoms with Gasteiger partial charge in [0.2, 0.25) is 0 Å². The molecule has 1 aromatic carbocycles. The molecule has 1 fully saturated rings. The van der Waals surface area contributed by atoms with Crippen LogP contribution in [0.1, 0.15) is 72.3 Å². The van der Waals surface area contributed by atoms with E-state index in [9.17, 15) is 9.59 Å². The van der Waals surface area contributed by atoms with E-state index in [-0.39, 0.29) is 23.4 Å². The van der Waals surface area contributed by atoms with E-state index in [4.69, 9.17) is 9.47 Å². The molecule has 0 saturated carbocycles. The van der Waals surface area contributed by atoms with Crippen LogP contribution in [0, 0.1) is 11.3 Å². The fourth-order valence-corrected chi connectivity index (χ4v) is 4.29. The van der Waals surface area contributed by atoms with E-state index < -0.39 is 5.60 Å². The molecule has 0 aliphatic carbocycles. The molecule has 0 aromatic heterocycles. The maximum Gasteiger partial charge on any atom is 0.410 e. The number of carbonyl (C=O) groups excluding carboxylic acids is 2. The van der Waals surface area contributed by atoms with Gasteiger partial charge in [-0.1, -0.05) is 44.2 Å². The van der Waals surface area contributed by atoms with E-state index in [1.165, 1.54) is 0 Å². The molecule has 1 aromatic rings. The Labute approximate surface area is 175 Å². The zero-order valence-corrected chi connectivity index (χ0v) is 18.9. The van der Waals surface area contributed by atoms with Crippen LogP contribution in [0.4, 0.5) is 4.79 Å². The molecule has 162 valence electrons. The molecule has 0 bridgehead atoms. The SMILES string of the molecule is CCOC(=O)C(c1ccccc1)C(C)(C)CC1CCN(C(=O)OC(C)(C)C)CC1. The summed E-state index contributed by atoms with van der Waals surface area (Å²) in [5, 5.41) is 0. The summed E-state index contributed by atoms with van der Waals surface area (Å²) in [4.78, 5) is 26.9. The molecule has 29 heavy (non-hydrogen) atoms. The second-order valence-corrected chi connectivity index (χ2v) is 9.70. The van der Waals surface area contributed by atoms with Crippen molar-refractivity contribution in [2.75, 3.05) is 19.7 Å². The molecule has 1 amide bonds. The summed E-state index contributed by atoms with van der Waals surface area (Å²) >= 11 is 0. The quantitative estimate of drug-likeness (QED) is 0.597. The van der Waals surface area contributed by atoms with Crippen molar-refractivity contribution in [3.8, 4) is 0 Å². The summed E-state index contributed by atoms with van der Waals surface area (Å²) in [6.45, 7) is 13.6. The van der Waals surface area contributed by atoms with Crippen LogP contribution in [0.2, 0.25) is 0 Å². The van der Waals surface area contributed by atoms with Crippen molar-refractivity contribution in [1.82, 2.24) is 4.90 Å². The van der Waals surface area contributed by atoms with Crippen LogP contribution in [-0.4, -0.2) is 42.3 Å². The first-order chi connectivity index (χ1) is 13.5. The number of nitrogens with zero attached hydrogens (tertiary/aromatic N) is 1. The van der Waals surface area contributed by atoms with Crippen molar-refractivity contribution in [1.29, 1.82) is 0 Å². The minimum absolute atomic E-state index is 0.158. The topological polar surface area (TPSA) is 55.8 Å². The standard InChI is InChI=1S/C24H37NO4/c1-7-28-21(26)20(19-11-9-8-10-12-19)24(5,6)17-18-13-15-25(16-14-18)22(27)29-23(2,3)4/h8-12,18,20H,7,13-17H2,1-6H3. The van der Waals surface area contributed by atoms with Gasteiger partial charge in [-0.05, 0) is 63.9 Å². The predicted molar refractivity (Wildman–Crippen MR) is 115 cm³/mol. The van der Waals surface area contributed by atoms with Crippen molar-refractivity contribution < 1.29 is 19.1 Å². The molecule has 0 radical (unpaired) electrons. The number of benzene rings is 1. The van der Waals surface area contributed by atoms with E-state index in [1.807, 2.05) is 58.0 Å². The van der Waals surface area contributed by atoms with Gasteiger partial charge in [0.05, 0.1) is 12.5 Å². The van der Waals surface area contributed by atoms with Crippen molar-refractivity contribution in [2.45, 2.75) is 72.3 Å². The first kappa shape index (κ1) is 23.2. The van der Waals surface area contributed by atoms with E-state index in [2.05, 4.69) is 13.8 Å². The van der Waals surface area contributed by atoms with Crippen molar-refractivity contribution in [2.24, 2.45) is 11.3 Å². The minimum Gasteiger partial charge on any atom is -0.466 e. The normalized spacial score (nSPS) is 17.0. The number of likely N-dealkylation sites (tertiary alicyclic amines) is 1. The molecule has 1 unspecified atom stereocenters. The fraction of sp³-hybridized carbons (Fsp3) is 0.667. The number of esters is 1. The lowest BCUT2D eigenvalue weighted by Gasteiger charge is -2.39. The highest BCUT2D eigenvalue weighted by Crippen LogP contribution is 2.43. The monoisotopic (exact) mass is 403 g/mol. The number of hydrogen-bond donors (Lipinski definition) is 0. The Bertz CT molecular complexity index is 670. The fourth-order valence-electron chi connectivity index (χ4n) is 4.29. The molecule has 1 atom stereocenters. The maximum absolute atomic E-state index is 12.8. The molecule has 0 spiro atoms. The summed E-state index contributed by atoms with van der Waals surface area (Å²) in [7, 11) is 0. The third-order valence-electron chi connectivity index (χ3n) is 5.52. The number of carbonyl (C=O) groups is 2. The number of hydrogen-bond acceptors (Lipinski definition) is 4. The van der Waals surface area contributed by atoms with E-state index >= 15 is 0 Å². The predicted octanol–water partition coefficient (Wildman–Crippen LogP) is 5.40. The molecular formula is C24H37NO4. The molecule has 2 rings (SSSR count). The van der Waals surface area contributed by atoms with Gasteiger partial charge in [-0.25, -0.2) is 4.79 Å². The minimum atomic E-state index is -0.474. The van der Waals surface area contributed by atoms with Gasteiger partial charge in [0.1, 0.15) is 5.60 Å². The van der Waals surface area contributed by atoms with E-state index in [0.29, 0.717) is 25.6 Å². The largest absolute Gasteiger partial charge is 0.466 e. The first-order valence-electron chi connectivity index (χ1n) is 10.7. The molecule has 5 heteroatoms. The van der Waals surface area contributed by atoms with Crippen LogP contribution >= 0.6 is 0 Å². The number of ether oxygens (including phenoxy) is 2. The van der Waals surface area contributed by atoms with Gasteiger partial charge < -0.3 is 14.4 Å². The zero-order chi connectivity index (χ0) is 21.7. The highest BCUT2D eigenvalue weighted by molar-refractivity contribution is 5.79. The smallest absolute Gasteiger partial charge is 0.410 e. The Balaban J connectivity index is 2.03. The summed E-state index contributed by atoms with van der Waals surface area (Å²) in [5.41, 5.74) is 0.285. The second-order valence-electron chi connectivity index (χ2n) is 9.70. The molecule has 1 aliphatic heterocycles. The lowest BCUT2D eigenvalue weighted by Crippen LogP contribution is -2.43. The Morgan fingerprint density at radius 2 is 1.66 bits per heavy atom. The Morgan fingerprint density at radius 3 is 2.17 bits per heavy atom. The van der Waals surface area contributed by atoms with Crippen molar-refractivity contribution in [3.05, 3.63) is 35.9 Å². The van der Waals surface area contributed by atoms with E-state index in [0.717, 1.165) is 24.8 Å². The van der Waals surface area contributed by atoms with Gasteiger partial charge in [0, 0.05) is 13.1 Å². The summed E-state index contributed by atoms with van der Waals surface area (Å²) in [6, 6.07) is 9.92. The van der Waals surface area contributed by atoms with Crippen LogP contribution in [0.15, 0.2) is 30.3 Å². The lowest BCUT2D eigenvalue weighted by atomic mass is 9.68. The summed E-state index contributed by atoms with van der Waals surface area (Å²) in [5.74, 6) is 0.00625. The van der Waals surface area contributed by atoms with E-state index in [1.54, 1.807) is 4.90 Å². The van der Waals surface area contributed by atoms with Crippen molar-refractivity contribution >= 4 is 12.1 Å². The van der Waals surface area contributed by atoms with Crippen LogP contribution in [0.25, 0.3) is 0 Å². The molecular weight excluding hydrogens is 366 g/mol. The van der Waals surface area contributed by atoms with Gasteiger partial charge >= 0.3 is 12.1 Å². The third-order valence-corrected chi connectivity index (χ3v) is 5.52. The highest BCUT2D eigenvalue weighted by Gasteiger charge is 2.40. The third kappa shape index (κ3) is 6.76. The molecule has 1 heterocycles. The Kier molecular flexibility index (Phi) is 7.73. The van der Waals surface area contributed by atoms with Gasteiger partial charge in [-0.2, -0.15) is 0 Å². The van der Waals surface area contributed by atoms with Gasteiger partial charge in [-0.3, -0.25) is 4.79 Å². The van der Waals surface area contributed by atoms with Gasteiger partial charge in [0.25, 0.3) is 0 Å². The van der Waals surface area contributed by atoms with Crippen molar-refractivity contribution in [3.63, 3.8) is 0 Å². The molecule has 1 saturated heterocycles.